The van der Waals surface area contributed by atoms with Crippen molar-refractivity contribution in [2.45, 2.75) is 25.6 Å². The Kier molecular flexibility index (Phi) is 4.76. The van der Waals surface area contributed by atoms with Gasteiger partial charge in [0, 0.05) is 6.54 Å². The van der Waals surface area contributed by atoms with E-state index in [1.165, 1.54) is 0 Å². The average Bonchev–Trinajstić information content (AvgIpc) is 2.46. The third-order valence-corrected chi connectivity index (χ3v) is 3.26. The molecule has 5 nitrogen and oxygen atoms in total. The molecular weight excluding hydrogens is 244 g/mol. The first kappa shape index (κ1) is 13.8. The van der Waals surface area contributed by atoms with Crippen LogP contribution in [-0.2, 0) is 11.3 Å². The molecule has 1 heterocycles. The maximum Gasteiger partial charge on any atom is 0.318 e. The van der Waals surface area contributed by atoms with Crippen molar-refractivity contribution < 1.29 is 14.6 Å². The molecule has 1 aliphatic heterocycles. The number of amides is 2. The molecule has 2 amide bonds. The van der Waals surface area contributed by atoms with Gasteiger partial charge in [-0.05, 0) is 12.5 Å². The minimum Gasteiger partial charge on any atom is -0.394 e. The number of urea groups is 1. The van der Waals surface area contributed by atoms with Crippen LogP contribution in [0.25, 0.3) is 0 Å². The second-order valence-corrected chi connectivity index (χ2v) is 4.78. The molecule has 2 N–H and O–H groups in total. The molecule has 1 aliphatic rings. The lowest BCUT2D eigenvalue weighted by atomic mass is 10.2. The fourth-order valence-corrected chi connectivity index (χ4v) is 2.09. The highest BCUT2D eigenvalue weighted by Crippen LogP contribution is 2.11. The lowest BCUT2D eigenvalue weighted by molar-refractivity contribution is -0.0628. The van der Waals surface area contributed by atoms with Crippen LogP contribution in [0.5, 0.6) is 0 Å². The second kappa shape index (κ2) is 6.54. The molecule has 104 valence electrons. The number of carbonyl (C=O) groups is 1. The molecule has 0 aliphatic carbocycles. The molecule has 1 fully saturated rings. The number of carbonyl (C=O) groups excluding carboxylic acids is 1. The summed E-state index contributed by atoms with van der Waals surface area (Å²) in [7, 11) is 0. The van der Waals surface area contributed by atoms with E-state index in [2.05, 4.69) is 5.32 Å². The van der Waals surface area contributed by atoms with Crippen molar-refractivity contribution in [3.05, 3.63) is 35.9 Å². The highest BCUT2D eigenvalue weighted by molar-refractivity contribution is 5.74. The predicted molar refractivity (Wildman–Crippen MR) is 71.7 cm³/mol. The number of hydrogen-bond donors (Lipinski definition) is 2. The van der Waals surface area contributed by atoms with Gasteiger partial charge in [-0.15, -0.1) is 0 Å². The summed E-state index contributed by atoms with van der Waals surface area (Å²) in [5, 5.41) is 12.0. The van der Waals surface area contributed by atoms with Crippen molar-refractivity contribution in [1.29, 1.82) is 0 Å². The Morgan fingerprint density at radius 3 is 2.89 bits per heavy atom. The van der Waals surface area contributed by atoms with Crippen molar-refractivity contribution in [3.8, 4) is 0 Å². The van der Waals surface area contributed by atoms with Crippen molar-refractivity contribution in [2.75, 3.05) is 19.8 Å². The molecule has 2 rings (SSSR count). The molecule has 2 unspecified atom stereocenters. The Bertz CT molecular complexity index is 410. The SMILES string of the molecule is CC1COC(CO)CN1C(=O)NCc1ccccc1. The molecule has 0 aromatic heterocycles. The topological polar surface area (TPSA) is 61.8 Å². The summed E-state index contributed by atoms with van der Waals surface area (Å²) in [6.45, 7) is 3.28. The number of hydrogen-bond acceptors (Lipinski definition) is 3. The van der Waals surface area contributed by atoms with E-state index < -0.39 is 0 Å². The highest BCUT2D eigenvalue weighted by atomic mass is 16.5. The van der Waals surface area contributed by atoms with Crippen LogP contribution >= 0.6 is 0 Å². The van der Waals surface area contributed by atoms with E-state index >= 15 is 0 Å². The Labute approximate surface area is 113 Å². The van der Waals surface area contributed by atoms with E-state index in [1.54, 1.807) is 4.90 Å². The summed E-state index contributed by atoms with van der Waals surface area (Å²) in [5.74, 6) is 0. The molecule has 19 heavy (non-hydrogen) atoms. The van der Waals surface area contributed by atoms with Crippen molar-refractivity contribution in [1.82, 2.24) is 10.2 Å². The Hall–Kier alpha value is -1.59. The smallest absolute Gasteiger partial charge is 0.318 e. The van der Waals surface area contributed by atoms with Gasteiger partial charge in [0.2, 0.25) is 0 Å². The number of ether oxygens (including phenoxy) is 1. The average molecular weight is 264 g/mol. The predicted octanol–water partition coefficient (Wildman–Crippen LogP) is 0.978. The molecule has 2 atom stereocenters. The van der Waals surface area contributed by atoms with Gasteiger partial charge in [-0.2, -0.15) is 0 Å². The fourth-order valence-electron chi connectivity index (χ4n) is 2.09. The summed E-state index contributed by atoms with van der Waals surface area (Å²) in [6, 6.07) is 9.69. The quantitative estimate of drug-likeness (QED) is 0.855. The van der Waals surface area contributed by atoms with Crippen LogP contribution < -0.4 is 5.32 Å². The van der Waals surface area contributed by atoms with Gasteiger partial charge in [-0.3, -0.25) is 0 Å². The van der Waals surface area contributed by atoms with Gasteiger partial charge in [0.15, 0.2) is 0 Å². The van der Waals surface area contributed by atoms with Crippen LogP contribution in [-0.4, -0.2) is 47.9 Å². The van der Waals surface area contributed by atoms with Gasteiger partial charge in [0.1, 0.15) is 0 Å². The van der Waals surface area contributed by atoms with Crippen LogP contribution in [0.3, 0.4) is 0 Å². The molecule has 1 aromatic rings. The Morgan fingerprint density at radius 1 is 1.47 bits per heavy atom. The van der Waals surface area contributed by atoms with Crippen LogP contribution in [0.4, 0.5) is 4.79 Å². The van der Waals surface area contributed by atoms with Gasteiger partial charge >= 0.3 is 6.03 Å². The summed E-state index contributed by atoms with van der Waals surface area (Å²) >= 11 is 0. The number of rotatable bonds is 3. The lowest BCUT2D eigenvalue weighted by Gasteiger charge is -2.37. The van der Waals surface area contributed by atoms with E-state index in [9.17, 15) is 4.79 Å². The van der Waals surface area contributed by atoms with Gasteiger partial charge in [0.05, 0.1) is 31.9 Å². The van der Waals surface area contributed by atoms with Crippen molar-refractivity contribution in [3.63, 3.8) is 0 Å². The maximum absolute atomic E-state index is 12.1. The van der Waals surface area contributed by atoms with E-state index in [1.807, 2.05) is 37.3 Å². The molecule has 1 aromatic carbocycles. The number of morpholine rings is 1. The summed E-state index contributed by atoms with van der Waals surface area (Å²) in [6.07, 6.45) is -0.279. The van der Waals surface area contributed by atoms with Crippen molar-refractivity contribution in [2.24, 2.45) is 0 Å². The summed E-state index contributed by atoms with van der Waals surface area (Å²) < 4.78 is 5.41. The molecule has 0 radical (unpaired) electrons. The largest absolute Gasteiger partial charge is 0.394 e. The number of nitrogens with one attached hydrogen (secondary N) is 1. The minimum absolute atomic E-state index is 0.0265. The zero-order valence-corrected chi connectivity index (χ0v) is 11.1. The van der Waals surface area contributed by atoms with E-state index in [0.717, 1.165) is 5.56 Å². The molecule has 5 heteroatoms. The highest BCUT2D eigenvalue weighted by Gasteiger charge is 2.28. The maximum atomic E-state index is 12.1. The molecule has 0 spiro atoms. The van der Waals surface area contributed by atoms with E-state index in [-0.39, 0.29) is 24.8 Å². The first-order valence-electron chi connectivity index (χ1n) is 6.51. The third-order valence-electron chi connectivity index (χ3n) is 3.26. The first-order chi connectivity index (χ1) is 9.20. The third kappa shape index (κ3) is 3.68. The number of nitrogens with zero attached hydrogens (tertiary/aromatic N) is 1. The monoisotopic (exact) mass is 264 g/mol. The fraction of sp³-hybridized carbons (Fsp3) is 0.500. The first-order valence-corrected chi connectivity index (χ1v) is 6.51. The van der Waals surface area contributed by atoms with Crippen LogP contribution in [0, 0.1) is 0 Å². The standard InChI is InChI=1S/C14H20N2O3/c1-11-10-19-13(9-17)8-16(11)14(18)15-7-12-5-3-2-4-6-12/h2-6,11,13,17H,7-10H2,1H3,(H,15,18). The van der Waals surface area contributed by atoms with Crippen LogP contribution in [0.15, 0.2) is 30.3 Å². The Balaban J connectivity index is 1.88. The van der Waals surface area contributed by atoms with Gasteiger partial charge in [-0.25, -0.2) is 4.79 Å². The lowest BCUT2D eigenvalue weighted by Crippen LogP contribution is -2.54. The number of benzene rings is 1. The molecule has 1 saturated heterocycles. The van der Waals surface area contributed by atoms with E-state index in [4.69, 9.17) is 9.84 Å². The number of aliphatic hydroxyl groups is 1. The zero-order chi connectivity index (χ0) is 13.7. The molecular formula is C14H20N2O3. The second-order valence-electron chi connectivity index (χ2n) is 4.78. The molecule has 0 bridgehead atoms. The van der Waals surface area contributed by atoms with Crippen LogP contribution in [0.1, 0.15) is 12.5 Å². The summed E-state index contributed by atoms with van der Waals surface area (Å²) in [4.78, 5) is 13.8. The molecule has 0 saturated carbocycles. The normalized spacial score (nSPS) is 23.2. The van der Waals surface area contributed by atoms with E-state index in [0.29, 0.717) is 19.7 Å². The summed E-state index contributed by atoms with van der Waals surface area (Å²) in [5.41, 5.74) is 1.07. The van der Waals surface area contributed by atoms with Crippen LogP contribution in [0.2, 0.25) is 0 Å². The van der Waals surface area contributed by atoms with Gasteiger partial charge < -0.3 is 20.1 Å². The van der Waals surface area contributed by atoms with Crippen molar-refractivity contribution >= 4 is 6.03 Å². The van der Waals surface area contributed by atoms with Gasteiger partial charge in [-0.1, -0.05) is 30.3 Å². The van der Waals surface area contributed by atoms with Gasteiger partial charge in [0.25, 0.3) is 0 Å². The number of aliphatic hydroxyl groups excluding tert-OH is 1. The Morgan fingerprint density at radius 2 is 2.21 bits per heavy atom. The zero-order valence-electron chi connectivity index (χ0n) is 11.1. The minimum atomic E-state index is -0.279.